The number of hydrogen-bond donors (Lipinski definition) is 4. The van der Waals surface area contributed by atoms with Crippen molar-refractivity contribution in [1.29, 1.82) is 0 Å². The number of carbonyl (C=O) groups excluding carboxylic acids is 1. The van der Waals surface area contributed by atoms with Crippen molar-refractivity contribution in [3.63, 3.8) is 0 Å². The van der Waals surface area contributed by atoms with Gasteiger partial charge >= 0.3 is 0 Å². The van der Waals surface area contributed by atoms with Crippen molar-refractivity contribution in [2.75, 3.05) is 19.6 Å². The molecule has 0 spiro atoms. The first kappa shape index (κ1) is 21.3. The van der Waals surface area contributed by atoms with Crippen molar-refractivity contribution in [2.45, 2.75) is 23.5 Å². The summed E-state index contributed by atoms with van der Waals surface area (Å²) in [5.74, 6) is -0.318. The van der Waals surface area contributed by atoms with Gasteiger partial charge in [0.15, 0.2) is 0 Å². The smallest absolute Gasteiger partial charge is 0.270 e. The largest absolute Gasteiger partial charge is 0.392 e. The summed E-state index contributed by atoms with van der Waals surface area (Å²) >= 11 is 0. The third-order valence-corrected chi connectivity index (χ3v) is 4.94. The molecule has 1 aromatic rings. The lowest BCUT2D eigenvalue weighted by atomic mass is 10.2. The highest BCUT2D eigenvalue weighted by Crippen LogP contribution is 2.16. The molecule has 0 radical (unpaired) electrons. The van der Waals surface area contributed by atoms with Gasteiger partial charge in [-0.25, -0.2) is 13.1 Å². The van der Waals surface area contributed by atoms with Gasteiger partial charge in [0, 0.05) is 31.8 Å². The predicted octanol–water partition coefficient (Wildman–Crippen LogP) is -0.866. The highest BCUT2D eigenvalue weighted by atomic mass is 35.5. The summed E-state index contributed by atoms with van der Waals surface area (Å²) in [6, 6.07) is 4.20. The lowest BCUT2D eigenvalue weighted by Gasteiger charge is -2.11. The van der Waals surface area contributed by atoms with Crippen LogP contribution in [0.2, 0.25) is 0 Å². The molecule has 1 fully saturated rings. The number of rotatable bonds is 7. The number of amides is 1. The molecule has 4 N–H and O–H groups in total. The molecule has 1 amide bonds. The standard InChI is InChI=1S/C13H18N4O6S.ClH/c18-10-7-12(15-8-10)13(19)14-4-5-16-24(22,23)11-3-1-2-9(6-11)17(20)21;/h1-3,6,10,12,15-16,18H,4-5,7-8H2,(H,14,19);1H. The van der Waals surface area contributed by atoms with Crippen molar-refractivity contribution in [3.8, 4) is 0 Å². The van der Waals surface area contributed by atoms with Gasteiger partial charge < -0.3 is 15.7 Å². The van der Waals surface area contributed by atoms with E-state index in [0.29, 0.717) is 13.0 Å². The molecule has 2 atom stereocenters. The highest BCUT2D eigenvalue weighted by molar-refractivity contribution is 7.89. The number of nitrogens with zero attached hydrogens (tertiary/aromatic N) is 1. The van der Waals surface area contributed by atoms with Crippen LogP contribution >= 0.6 is 12.4 Å². The average Bonchev–Trinajstić information content (AvgIpc) is 2.98. The van der Waals surface area contributed by atoms with Crippen LogP contribution in [0.4, 0.5) is 5.69 Å². The van der Waals surface area contributed by atoms with Crippen LogP contribution in [0, 0.1) is 10.1 Å². The van der Waals surface area contributed by atoms with Crippen molar-refractivity contribution >= 4 is 34.0 Å². The molecule has 0 aromatic heterocycles. The normalized spacial score (nSPS) is 19.9. The van der Waals surface area contributed by atoms with E-state index in [0.717, 1.165) is 6.07 Å². The first-order valence-corrected chi connectivity index (χ1v) is 8.71. The lowest BCUT2D eigenvalue weighted by molar-refractivity contribution is -0.385. The zero-order valence-corrected chi connectivity index (χ0v) is 14.7. The Morgan fingerprint density at radius 1 is 1.40 bits per heavy atom. The van der Waals surface area contributed by atoms with Crippen LogP contribution in [0.1, 0.15) is 6.42 Å². The number of carbonyl (C=O) groups is 1. The van der Waals surface area contributed by atoms with Crippen LogP contribution in [0.25, 0.3) is 0 Å². The second kappa shape index (κ2) is 9.06. The fraction of sp³-hybridized carbons (Fsp3) is 0.462. The molecule has 1 saturated heterocycles. The van der Waals surface area contributed by atoms with E-state index in [2.05, 4.69) is 15.4 Å². The third-order valence-electron chi connectivity index (χ3n) is 3.48. The Balaban J connectivity index is 0.00000312. The molecule has 12 heteroatoms. The third kappa shape index (κ3) is 5.90. The molecule has 0 aliphatic carbocycles. The van der Waals surface area contributed by atoms with Crippen LogP contribution in [0.5, 0.6) is 0 Å². The van der Waals surface area contributed by atoms with Crippen LogP contribution in [-0.4, -0.2) is 56.1 Å². The summed E-state index contributed by atoms with van der Waals surface area (Å²) in [4.78, 5) is 21.6. The molecule has 25 heavy (non-hydrogen) atoms. The van der Waals surface area contributed by atoms with Crippen LogP contribution in [-0.2, 0) is 14.8 Å². The maximum atomic E-state index is 12.1. The molecule has 1 aromatic carbocycles. The second-order valence-corrected chi connectivity index (χ2v) is 7.06. The van der Waals surface area contributed by atoms with E-state index in [-0.39, 0.29) is 42.0 Å². The first-order valence-electron chi connectivity index (χ1n) is 7.23. The van der Waals surface area contributed by atoms with Gasteiger partial charge in [0.1, 0.15) is 0 Å². The van der Waals surface area contributed by atoms with E-state index in [1.807, 2.05) is 0 Å². The summed E-state index contributed by atoms with van der Waals surface area (Å²) < 4.78 is 26.4. The van der Waals surface area contributed by atoms with Gasteiger partial charge in [0.25, 0.3) is 5.69 Å². The minimum absolute atomic E-state index is 0. The predicted molar refractivity (Wildman–Crippen MR) is 91.0 cm³/mol. The van der Waals surface area contributed by atoms with E-state index in [1.165, 1.54) is 18.2 Å². The Hall–Kier alpha value is -1.79. The maximum Gasteiger partial charge on any atom is 0.270 e. The Morgan fingerprint density at radius 3 is 2.72 bits per heavy atom. The number of aliphatic hydroxyl groups is 1. The molecule has 1 heterocycles. The van der Waals surface area contributed by atoms with Gasteiger partial charge in [0.2, 0.25) is 15.9 Å². The summed E-state index contributed by atoms with van der Waals surface area (Å²) in [7, 11) is -3.90. The average molecular weight is 395 g/mol. The number of nitrogens with one attached hydrogen (secondary N) is 3. The lowest BCUT2D eigenvalue weighted by Crippen LogP contribution is -2.43. The molecule has 0 saturated carbocycles. The topological polar surface area (TPSA) is 151 Å². The maximum absolute atomic E-state index is 12.1. The number of nitro groups is 1. The number of benzene rings is 1. The van der Waals surface area contributed by atoms with Crippen molar-refractivity contribution in [2.24, 2.45) is 0 Å². The zero-order valence-electron chi connectivity index (χ0n) is 13.0. The Labute approximate surface area is 150 Å². The molecular weight excluding hydrogens is 376 g/mol. The van der Waals surface area contributed by atoms with E-state index < -0.39 is 27.1 Å². The summed E-state index contributed by atoms with van der Waals surface area (Å²) in [6.07, 6.45) is -0.251. The van der Waals surface area contributed by atoms with Gasteiger partial charge in [-0.3, -0.25) is 14.9 Å². The Kier molecular flexibility index (Phi) is 7.70. The van der Waals surface area contributed by atoms with Crippen molar-refractivity contribution in [1.82, 2.24) is 15.4 Å². The van der Waals surface area contributed by atoms with E-state index in [9.17, 15) is 28.4 Å². The quantitative estimate of drug-likeness (QED) is 0.266. The molecule has 10 nitrogen and oxygen atoms in total. The Bertz CT molecular complexity index is 729. The second-order valence-electron chi connectivity index (χ2n) is 5.29. The summed E-state index contributed by atoms with van der Waals surface area (Å²) in [5, 5.41) is 25.4. The number of hydrogen-bond acceptors (Lipinski definition) is 7. The highest BCUT2D eigenvalue weighted by Gasteiger charge is 2.27. The molecule has 1 aliphatic rings. The van der Waals surface area contributed by atoms with Gasteiger partial charge in [0.05, 0.1) is 22.0 Å². The van der Waals surface area contributed by atoms with E-state index in [4.69, 9.17) is 0 Å². The number of halogens is 1. The minimum Gasteiger partial charge on any atom is -0.392 e. The zero-order chi connectivity index (χ0) is 17.7. The fourth-order valence-corrected chi connectivity index (χ4v) is 3.33. The summed E-state index contributed by atoms with van der Waals surface area (Å²) in [6.45, 7) is 0.338. The van der Waals surface area contributed by atoms with Crippen LogP contribution < -0.4 is 15.4 Å². The van der Waals surface area contributed by atoms with Crippen molar-refractivity contribution in [3.05, 3.63) is 34.4 Å². The molecular formula is C13H19ClN4O6S. The van der Waals surface area contributed by atoms with Gasteiger partial charge in [-0.05, 0) is 12.5 Å². The van der Waals surface area contributed by atoms with Crippen LogP contribution in [0.15, 0.2) is 29.2 Å². The minimum atomic E-state index is -3.90. The SMILES string of the molecule is Cl.O=C(NCCNS(=O)(=O)c1cccc([N+](=O)[O-])c1)C1CC(O)CN1. The molecule has 140 valence electrons. The van der Waals surface area contributed by atoms with Gasteiger partial charge in [-0.2, -0.15) is 0 Å². The number of β-amino-alcohol motifs (C(OH)–C–C–N with tert-alkyl or cyclic N) is 1. The van der Waals surface area contributed by atoms with Crippen molar-refractivity contribution < 1.29 is 23.2 Å². The molecule has 2 rings (SSSR count). The van der Waals surface area contributed by atoms with Gasteiger partial charge in [-0.1, -0.05) is 6.07 Å². The molecule has 2 unspecified atom stereocenters. The monoisotopic (exact) mass is 394 g/mol. The summed E-state index contributed by atoms with van der Waals surface area (Å²) in [5.41, 5.74) is -0.322. The number of aliphatic hydroxyl groups excluding tert-OH is 1. The van der Waals surface area contributed by atoms with Gasteiger partial charge in [-0.15, -0.1) is 12.4 Å². The fourth-order valence-electron chi connectivity index (χ4n) is 2.26. The first-order chi connectivity index (χ1) is 11.3. The van der Waals surface area contributed by atoms with E-state index >= 15 is 0 Å². The van der Waals surface area contributed by atoms with E-state index in [1.54, 1.807) is 0 Å². The van der Waals surface area contributed by atoms with Crippen LogP contribution in [0.3, 0.4) is 0 Å². The molecule has 1 aliphatic heterocycles. The number of sulfonamides is 1. The molecule has 0 bridgehead atoms. The number of non-ortho nitro benzene ring substituents is 1. The Morgan fingerprint density at radius 2 is 2.12 bits per heavy atom. The number of nitro benzene ring substituents is 1.